The smallest absolute Gasteiger partial charge is 0.305 e. The number of carbonyl (C=O) groups excluding carboxylic acids is 2. The largest absolute Gasteiger partial charge is 0.469 e. The van der Waals surface area contributed by atoms with Gasteiger partial charge in [-0.05, 0) is 24.3 Å². The maximum absolute atomic E-state index is 13.3. The maximum atomic E-state index is 13.3. The molecule has 2 aromatic heterocycles. The van der Waals surface area contributed by atoms with Gasteiger partial charge in [0.15, 0.2) is 0 Å². The third-order valence-electron chi connectivity index (χ3n) is 4.99. The summed E-state index contributed by atoms with van der Waals surface area (Å²) in [6, 6.07) is 8.69. The van der Waals surface area contributed by atoms with Crippen molar-refractivity contribution in [1.29, 1.82) is 0 Å². The van der Waals surface area contributed by atoms with Crippen LogP contribution in [-0.2, 0) is 9.59 Å². The van der Waals surface area contributed by atoms with E-state index in [4.69, 9.17) is 4.42 Å². The SMILES string of the molecule is O=C1C2Sc3[nH]c(=O)sc3[C@H](c3ccco3)C2C(=O)N1c1ccc([N+](=O)[O-])cc1. The van der Waals surface area contributed by atoms with Gasteiger partial charge in [0.2, 0.25) is 11.8 Å². The number of aromatic amines is 1. The number of non-ortho nitro benzene ring substituents is 1. The Labute approximate surface area is 170 Å². The molecule has 2 aliphatic rings. The minimum Gasteiger partial charge on any atom is -0.469 e. The Balaban J connectivity index is 1.60. The van der Waals surface area contributed by atoms with Gasteiger partial charge in [-0.15, -0.1) is 0 Å². The van der Waals surface area contributed by atoms with Crippen molar-refractivity contribution >= 4 is 46.3 Å². The maximum Gasteiger partial charge on any atom is 0.305 e. The zero-order valence-corrected chi connectivity index (χ0v) is 16.1. The van der Waals surface area contributed by atoms with Crippen molar-refractivity contribution < 1.29 is 18.9 Å². The van der Waals surface area contributed by atoms with E-state index in [-0.39, 0.29) is 16.2 Å². The highest BCUT2D eigenvalue weighted by atomic mass is 32.2. The first-order chi connectivity index (χ1) is 14.0. The topological polar surface area (TPSA) is 127 Å². The number of nitro benzene ring substituents is 1. The lowest BCUT2D eigenvalue weighted by atomic mass is 9.87. The molecule has 11 heteroatoms. The molecule has 0 bridgehead atoms. The number of fused-ring (bicyclic) bond motifs is 2. The third-order valence-corrected chi connectivity index (χ3v) is 7.39. The van der Waals surface area contributed by atoms with Crippen LogP contribution in [0.15, 0.2) is 56.9 Å². The summed E-state index contributed by atoms with van der Waals surface area (Å²) in [5.74, 6) is -1.65. The number of imide groups is 1. The molecule has 1 saturated heterocycles. The molecule has 3 aromatic rings. The summed E-state index contributed by atoms with van der Waals surface area (Å²) in [6.45, 7) is 0. The van der Waals surface area contributed by atoms with Gasteiger partial charge in [0, 0.05) is 12.1 Å². The molecular weight excluding hydrogens is 418 g/mol. The predicted octanol–water partition coefficient (Wildman–Crippen LogP) is 2.73. The van der Waals surface area contributed by atoms with Gasteiger partial charge in [-0.25, -0.2) is 4.90 Å². The number of thiazole rings is 1. The Kier molecular flexibility index (Phi) is 3.96. The van der Waals surface area contributed by atoms with Crippen LogP contribution >= 0.6 is 23.1 Å². The van der Waals surface area contributed by atoms with Gasteiger partial charge in [-0.2, -0.15) is 0 Å². The van der Waals surface area contributed by atoms with Crippen molar-refractivity contribution in [3.8, 4) is 0 Å². The summed E-state index contributed by atoms with van der Waals surface area (Å²) in [5.41, 5.74) is 0.142. The molecule has 2 aliphatic heterocycles. The van der Waals surface area contributed by atoms with Crippen LogP contribution in [0.4, 0.5) is 11.4 Å². The molecule has 1 fully saturated rings. The minimum atomic E-state index is -0.743. The number of rotatable bonds is 3. The zero-order valence-electron chi connectivity index (χ0n) is 14.4. The lowest BCUT2D eigenvalue weighted by Crippen LogP contribution is -2.32. The fourth-order valence-corrected chi connectivity index (χ4v) is 6.27. The first-order valence-electron chi connectivity index (χ1n) is 8.51. The van der Waals surface area contributed by atoms with E-state index in [1.807, 2.05) is 0 Å². The van der Waals surface area contributed by atoms with Gasteiger partial charge < -0.3 is 9.40 Å². The first kappa shape index (κ1) is 17.9. The number of H-pyrrole nitrogens is 1. The average molecular weight is 429 g/mol. The van der Waals surface area contributed by atoms with Crippen LogP contribution in [0.1, 0.15) is 16.6 Å². The predicted molar refractivity (Wildman–Crippen MR) is 104 cm³/mol. The molecule has 0 spiro atoms. The third kappa shape index (κ3) is 2.65. The molecule has 1 N–H and O–H groups in total. The van der Waals surface area contributed by atoms with E-state index >= 15 is 0 Å². The highest BCUT2D eigenvalue weighted by molar-refractivity contribution is 8.00. The molecule has 2 amide bonds. The lowest BCUT2D eigenvalue weighted by Gasteiger charge is -2.27. The van der Waals surface area contributed by atoms with Crippen molar-refractivity contribution in [3.63, 3.8) is 0 Å². The molecule has 146 valence electrons. The van der Waals surface area contributed by atoms with Gasteiger partial charge in [-0.3, -0.25) is 24.5 Å². The van der Waals surface area contributed by atoms with Crippen LogP contribution in [0.5, 0.6) is 0 Å². The fourth-order valence-electron chi connectivity index (χ4n) is 3.77. The van der Waals surface area contributed by atoms with Crippen LogP contribution in [-0.4, -0.2) is 27.0 Å². The van der Waals surface area contributed by atoms with E-state index in [1.54, 1.807) is 12.1 Å². The second-order valence-electron chi connectivity index (χ2n) is 6.55. The van der Waals surface area contributed by atoms with E-state index in [0.717, 1.165) is 28.0 Å². The van der Waals surface area contributed by atoms with E-state index in [0.29, 0.717) is 15.7 Å². The molecule has 9 nitrogen and oxygen atoms in total. The monoisotopic (exact) mass is 429 g/mol. The van der Waals surface area contributed by atoms with Gasteiger partial charge >= 0.3 is 4.87 Å². The molecule has 0 saturated carbocycles. The molecule has 0 radical (unpaired) electrons. The lowest BCUT2D eigenvalue weighted by molar-refractivity contribution is -0.384. The van der Waals surface area contributed by atoms with Crippen molar-refractivity contribution in [2.45, 2.75) is 16.2 Å². The number of hydrogen-bond acceptors (Lipinski definition) is 8. The fraction of sp³-hybridized carbons (Fsp3) is 0.167. The van der Waals surface area contributed by atoms with E-state index < -0.39 is 33.8 Å². The average Bonchev–Trinajstić information content (AvgIpc) is 3.40. The number of nitrogens with one attached hydrogen (secondary N) is 1. The number of amides is 2. The van der Waals surface area contributed by atoms with Gasteiger partial charge in [0.25, 0.3) is 5.69 Å². The van der Waals surface area contributed by atoms with Crippen LogP contribution in [0.3, 0.4) is 0 Å². The number of benzene rings is 1. The summed E-state index contributed by atoms with van der Waals surface area (Å²) < 4.78 is 5.54. The van der Waals surface area contributed by atoms with Crippen LogP contribution < -0.4 is 9.77 Å². The molecule has 29 heavy (non-hydrogen) atoms. The standard InChI is InChI=1S/C18H11N3O6S2/c22-16-12-11(10-2-1-7-27-10)13-15(19-18(24)29-13)28-14(12)17(23)20(16)8-3-5-9(6-4-8)21(25)26/h1-7,11-12,14H,(H,19,24)/t11-,12?,14?/m1/s1. The summed E-state index contributed by atoms with van der Waals surface area (Å²) >= 11 is 2.16. The Hall–Kier alpha value is -3.18. The second kappa shape index (κ2) is 6.42. The summed E-state index contributed by atoms with van der Waals surface area (Å²) in [6.07, 6.45) is 1.48. The molecule has 5 rings (SSSR count). The Morgan fingerprint density at radius 3 is 2.52 bits per heavy atom. The first-order valence-corrected chi connectivity index (χ1v) is 10.2. The second-order valence-corrected chi connectivity index (χ2v) is 8.72. The molecule has 1 aromatic carbocycles. The molecule has 3 atom stereocenters. The normalized spacial score (nSPS) is 23.2. The highest BCUT2D eigenvalue weighted by Gasteiger charge is 2.57. The summed E-state index contributed by atoms with van der Waals surface area (Å²) in [4.78, 5) is 52.9. The molecule has 4 heterocycles. The number of carbonyl (C=O) groups is 2. The van der Waals surface area contributed by atoms with Crippen molar-refractivity contribution in [2.75, 3.05) is 4.90 Å². The van der Waals surface area contributed by atoms with Gasteiger partial charge in [0.05, 0.1) is 38.6 Å². The number of nitro groups is 1. The minimum absolute atomic E-state index is 0.132. The van der Waals surface area contributed by atoms with E-state index in [9.17, 15) is 24.5 Å². The number of aromatic nitrogens is 1. The van der Waals surface area contributed by atoms with Crippen molar-refractivity contribution in [1.82, 2.24) is 4.98 Å². The van der Waals surface area contributed by atoms with Crippen LogP contribution in [0, 0.1) is 16.0 Å². The highest BCUT2D eigenvalue weighted by Crippen LogP contribution is 2.53. The Morgan fingerprint density at radius 2 is 1.86 bits per heavy atom. The van der Waals surface area contributed by atoms with Crippen molar-refractivity contribution in [2.24, 2.45) is 5.92 Å². The molecule has 2 unspecified atom stereocenters. The van der Waals surface area contributed by atoms with Gasteiger partial charge in [-0.1, -0.05) is 23.1 Å². The number of thioether (sulfide) groups is 1. The van der Waals surface area contributed by atoms with Gasteiger partial charge in [0.1, 0.15) is 11.0 Å². The summed E-state index contributed by atoms with van der Waals surface area (Å²) in [5, 5.41) is 10.7. The number of furan rings is 1. The van der Waals surface area contributed by atoms with Crippen LogP contribution in [0.2, 0.25) is 0 Å². The van der Waals surface area contributed by atoms with E-state index in [1.165, 1.54) is 30.5 Å². The quantitative estimate of drug-likeness (QED) is 0.385. The number of nitrogens with zero attached hydrogens (tertiary/aromatic N) is 2. The number of anilines is 1. The zero-order chi connectivity index (χ0) is 20.3. The van der Waals surface area contributed by atoms with E-state index in [2.05, 4.69) is 4.98 Å². The Bertz CT molecular complexity index is 1200. The number of hydrogen-bond donors (Lipinski definition) is 1. The van der Waals surface area contributed by atoms with Crippen molar-refractivity contribution in [3.05, 3.63) is 73.1 Å². The molecular formula is C18H11N3O6S2. The Morgan fingerprint density at radius 1 is 1.10 bits per heavy atom. The van der Waals surface area contributed by atoms with Crippen LogP contribution in [0.25, 0.3) is 0 Å². The summed E-state index contributed by atoms with van der Waals surface area (Å²) in [7, 11) is 0. The molecule has 0 aliphatic carbocycles.